The van der Waals surface area contributed by atoms with Crippen LogP contribution in [0.2, 0.25) is 0 Å². The molecule has 0 saturated heterocycles. The van der Waals surface area contributed by atoms with E-state index in [0.717, 1.165) is 4.68 Å². The van der Waals surface area contributed by atoms with Crippen molar-refractivity contribution in [2.45, 2.75) is 19.6 Å². The second-order valence-corrected chi connectivity index (χ2v) is 5.55. The van der Waals surface area contributed by atoms with Crippen molar-refractivity contribution in [3.63, 3.8) is 0 Å². The van der Waals surface area contributed by atoms with Crippen LogP contribution in [0.25, 0.3) is 0 Å². The van der Waals surface area contributed by atoms with E-state index in [1.807, 2.05) is 6.92 Å². The fourth-order valence-electron chi connectivity index (χ4n) is 2.63. The van der Waals surface area contributed by atoms with Crippen molar-refractivity contribution in [3.8, 4) is 17.4 Å². The number of methoxy groups -OCH3 is 1. The number of ether oxygens (including phenoxy) is 3. The summed E-state index contributed by atoms with van der Waals surface area (Å²) in [7, 11) is 2.94. The number of benzene rings is 1. The Kier molecular flexibility index (Phi) is 4.47. The van der Waals surface area contributed by atoms with Crippen LogP contribution < -0.4 is 19.1 Å². The van der Waals surface area contributed by atoms with Crippen LogP contribution in [0.15, 0.2) is 24.3 Å². The van der Waals surface area contributed by atoms with Crippen LogP contribution in [0.5, 0.6) is 17.4 Å². The van der Waals surface area contributed by atoms with Gasteiger partial charge < -0.3 is 14.2 Å². The highest BCUT2D eigenvalue weighted by molar-refractivity contribution is 6.06. The number of halogens is 2. The molecule has 134 valence electrons. The third kappa shape index (κ3) is 3.35. The molecule has 0 radical (unpaired) electrons. The van der Waals surface area contributed by atoms with E-state index < -0.39 is 12.5 Å². The Morgan fingerprint density at radius 3 is 2.84 bits per heavy atom. The number of fused-ring (bicyclic) bond motifs is 1. The molecule has 25 heavy (non-hydrogen) atoms. The number of hydrogen-bond acceptors (Lipinski definition) is 5. The standard InChI is InChI=1S/C16H17F2N3O4/c1-9-8-21(12-6-10(23-3)4-5-13(12)24-9)15(22)11-7-14(20(2)19-11)25-16(17)18/h4-7,9,16H,8H2,1-3H3. The van der Waals surface area contributed by atoms with Gasteiger partial charge >= 0.3 is 6.61 Å². The van der Waals surface area contributed by atoms with Crippen molar-refractivity contribution < 1.29 is 27.8 Å². The fraction of sp³-hybridized carbons (Fsp3) is 0.375. The number of carbonyl (C=O) groups is 1. The molecule has 1 atom stereocenters. The second kappa shape index (κ2) is 6.58. The summed E-state index contributed by atoms with van der Waals surface area (Å²) in [6.45, 7) is -0.871. The Morgan fingerprint density at radius 1 is 1.40 bits per heavy atom. The maximum absolute atomic E-state index is 12.9. The molecule has 0 aliphatic carbocycles. The van der Waals surface area contributed by atoms with Gasteiger partial charge in [0.2, 0.25) is 5.88 Å². The highest BCUT2D eigenvalue weighted by Gasteiger charge is 2.30. The van der Waals surface area contributed by atoms with Gasteiger partial charge in [0, 0.05) is 19.2 Å². The van der Waals surface area contributed by atoms with E-state index in [-0.39, 0.29) is 17.7 Å². The van der Waals surface area contributed by atoms with Gasteiger partial charge in [-0.15, -0.1) is 0 Å². The molecule has 2 heterocycles. The molecule has 7 nitrogen and oxygen atoms in total. The average molecular weight is 353 g/mol. The minimum Gasteiger partial charge on any atom is -0.497 e. The highest BCUT2D eigenvalue weighted by Crippen LogP contribution is 2.37. The van der Waals surface area contributed by atoms with Gasteiger partial charge in [-0.3, -0.25) is 9.69 Å². The van der Waals surface area contributed by atoms with E-state index >= 15 is 0 Å². The summed E-state index contributed by atoms with van der Waals surface area (Å²) < 4.78 is 41.2. The van der Waals surface area contributed by atoms with Crippen LogP contribution >= 0.6 is 0 Å². The second-order valence-electron chi connectivity index (χ2n) is 5.55. The van der Waals surface area contributed by atoms with Crippen molar-refractivity contribution in [3.05, 3.63) is 30.0 Å². The van der Waals surface area contributed by atoms with E-state index in [2.05, 4.69) is 9.84 Å². The van der Waals surface area contributed by atoms with Crippen LogP contribution in [-0.2, 0) is 7.05 Å². The first-order valence-corrected chi connectivity index (χ1v) is 7.54. The van der Waals surface area contributed by atoms with Gasteiger partial charge in [-0.2, -0.15) is 13.9 Å². The zero-order valence-corrected chi connectivity index (χ0v) is 13.9. The lowest BCUT2D eigenvalue weighted by atomic mass is 10.1. The average Bonchev–Trinajstić information content (AvgIpc) is 2.93. The van der Waals surface area contributed by atoms with Gasteiger partial charge in [0.05, 0.1) is 19.3 Å². The molecule has 1 aliphatic rings. The number of aromatic nitrogens is 2. The van der Waals surface area contributed by atoms with Crippen LogP contribution in [0.1, 0.15) is 17.4 Å². The lowest BCUT2D eigenvalue weighted by Gasteiger charge is -2.33. The number of amides is 1. The van der Waals surface area contributed by atoms with E-state index in [9.17, 15) is 13.6 Å². The summed E-state index contributed by atoms with van der Waals surface area (Å²) in [4.78, 5) is 14.4. The minimum absolute atomic E-state index is 0.000944. The summed E-state index contributed by atoms with van der Waals surface area (Å²) in [6, 6.07) is 6.32. The molecule has 0 N–H and O–H groups in total. The van der Waals surface area contributed by atoms with Crippen LogP contribution in [0.4, 0.5) is 14.5 Å². The number of carbonyl (C=O) groups excluding carboxylic acids is 1. The Labute approximate surface area is 142 Å². The Morgan fingerprint density at radius 2 is 2.16 bits per heavy atom. The highest BCUT2D eigenvalue weighted by atomic mass is 19.3. The van der Waals surface area contributed by atoms with E-state index in [0.29, 0.717) is 23.7 Å². The molecule has 0 spiro atoms. The summed E-state index contributed by atoms with van der Waals surface area (Å²) in [5, 5.41) is 3.97. The molecule has 9 heteroatoms. The molecule has 1 unspecified atom stereocenters. The minimum atomic E-state index is -2.99. The van der Waals surface area contributed by atoms with Gasteiger partial charge in [-0.25, -0.2) is 4.68 Å². The van der Waals surface area contributed by atoms with E-state index in [1.54, 1.807) is 18.2 Å². The maximum Gasteiger partial charge on any atom is 0.388 e. The van der Waals surface area contributed by atoms with Crippen molar-refractivity contribution >= 4 is 11.6 Å². The maximum atomic E-state index is 12.9. The predicted octanol–water partition coefficient (Wildman–Crippen LogP) is 2.46. The zero-order valence-electron chi connectivity index (χ0n) is 13.9. The van der Waals surface area contributed by atoms with Crippen LogP contribution in [-0.4, -0.2) is 42.1 Å². The first kappa shape index (κ1) is 17.0. The zero-order chi connectivity index (χ0) is 18.1. The quantitative estimate of drug-likeness (QED) is 0.845. The molecule has 1 aliphatic heterocycles. The Bertz CT molecular complexity index is 794. The molecular formula is C16H17F2N3O4. The molecular weight excluding hydrogens is 336 g/mol. The molecule has 0 fully saturated rings. The summed E-state index contributed by atoms with van der Waals surface area (Å²) in [6.07, 6.45) is -0.231. The number of rotatable bonds is 4. The lowest BCUT2D eigenvalue weighted by molar-refractivity contribution is -0.0553. The molecule has 0 bridgehead atoms. The Hall–Kier alpha value is -2.84. The van der Waals surface area contributed by atoms with Crippen molar-refractivity contribution in [2.24, 2.45) is 7.05 Å². The number of hydrogen-bond donors (Lipinski definition) is 0. The van der Waals surface area contributed by atoms with Gasteiger partial charge in [0.1, 0.15) is 17.6 Å². The number of alkyl halides is 2. The molecule has 2 aromatic rings. The van der Waals surface area contributed by atoms with E-state index in [4.69, 9.17) is 9.47 Å². The van der Waals surface area contributed by atoms with Crippen molar-refractivity contribution in [1.82, 2.24) is 9.78 Å². The summed E-state index contributed by atoms with van der Waals surface area (Å²) >= 11 is 0. The largest absolute Gasteiger partial charge is 0.497 e. The van der Waals surface area contributed by atoms with Crippen LogP contribution in [0, 0.1) is 0 Å². The van der Waals surface area contributed by atoms with Crippen LogP contribution in [0.3, 0.4) is 0 Å². The first-order valence-electron chi connectivity index (χ1n) is 7.54. The van der Waals surface area contributed by atoms with Crippen molar-refractivity contribution in [2.75, 3.05) is 18.6 Å². The third-order valence-corrected chi connectivity index (χ3v) is 3.74. The molecule has 0 saturated carbocycles. The third-order valence-electron chi connectivity index (χ3n) is 3.74. The predicted molar refractivity (Wildman–Crippen MR) is 84.6 cm³/mol. The first-order chi connectivity index (χ1) is 11.9. The fourth-order valence-corrected chi connectivity index (χ4v) is 2.63. The topological polar surface area (TPSA) is 65.8 Å². The number of anilines is 1. The normalized spacial score (nSPS) is 16.4. The lowest BCUT2D eigenvalue weighted by Crippen LogP contribution is -2.42. The molecule has 1 aromatic carbocycles. The molecule has 1 amide bonds. The SMILES string of the molecule is COc1ccc2c(c1)N(C(=O)c1cc(OC(F)F)n(C)n1)CC(C)O2. The van der Waals surface area contributed by atoms with Crippen molar-refractivity contribution in [1.29, 1.82) is 0 Å². The monoisotopic (exact) mass is 353 g/mol. The summed E-state index contributed by atoms with van der Waals surface area (Å²) in [5.74, 6) is 0.472. The van der Waals surface area contributed by atoms with E-state index in [1.165, 1.54) is 25.1 Å². The van der Waals surface area contributed by atoms with Gasteiger partial charge in [-0.05, 0) is 19.1 Å². The Balaban J connectivity index is 1.95. The van der Waals surface area contributed by atoms with Gasteiger partial charge in [0.15, 0.2) is 5.69 Å². The number of aryl methyl sites for hydroxylation is 1. The number of nitrogens with zero attached hydrogens (tertiary/aromatic N) is 3. The summed E-state index contributed by atoms with van der Waals surface area (Å²) in [5.41, 5.74) is 0.533. The molecule has 3 rings (SSSR count). The van der Waals surface area contributed by atoms with Gasteiger partial charge in [-0.1, -0.05) is 0 Å². The smallest absolute Gasteiger partial charge is 0.388 e. The molecule has 1 aromatic heterocycles. The van der Waals surface area contributed by atoms with Gasteiger partial charge in [0.25, 0.3) is 5.91 Å².